The first-order valence-corrected chi connectivity index (χ1v) is 9.77. The molecule has 2 atom stereocenters. The van der Waals surface area contributed by atoms with E-state index in [1.54, 1.807) is 0 Å². The van der Waals surface area contributed by atoms with E-state index in [9.17, 15) is 20.1 Å². The molecule has 0 fully saturated rings. The van der Waals surface area contributed by atoms with E-state index >= 15 is 0 Å². The van der Waals surface area contributed by atoms with Gasteiger partial charge in [-0.2, -0.15) is 0 Å². The quantitative estimate of drug-likeness (QED) is 0.529. The lowest BCUT2D eigenvalue weighted by molar-refractivity contribution is 0.0692. The highest BCUT2D eigenvalue weighted by Gasteiger charge is 2.32. The highest BCUT2D eigenvalue weighted by atomic mass is 16.4. The lowest BCUT2D eigenvalue weighted by atomic mass is 9.73. The molecule has 148 valence electrons. The summed E-state index contributed by atoms with van der Waals surface area (Å²) in [6.07, 6.45) is 6.14. The summed E-state index contributed by atoms with van der Waals surface area (Å²) in [7, 11) is 0. The number of hydrogen-bond donors (Lipinski definition) is 3. The van der Waals surface area contributed by atoms with Crippen LogP contribution in [0.25, 0.3) is 0 Å². The second-order valence-corrected chi connectivity index (χ2v) is 8.31. The number of aromatic carboxylic acids is 1. The number of phenols is 2. The van der Waals surface area contributed by atoms with Gasteiger partial charge in [0.25, 0.3) is 0 Å². The van der Waals surface area contributed by atoms with E-state index in [0.717, 1.165) is 31.3 Å². The Balaban J connectivity index is 2.54. The Morgan fingerprint density at radius 1 is 1.33 bits per heavy atom. The Morgan fingerprint density at radius 2 is 2.00 bits per heavy atom. The molecule has 0 saturated heterocycles. The van der Waals surface area contributed by atoms with Crippen LogP contribution in [0.3, 0.4) is 0 Å². The molecule has 2 rings (SSSR count). The van der Waals surface area contributed by atoms with E-state index in [1.165, 1.54) is 11.6 Å². The predicted molar refractivity (Wildman–Crippen MR) is 109 cm³/mol. The number of rotatable bonds is 7. The smallest absolute Gasteiger partial charge is 0.339 e. The zero-order valence-corrected chi connectivity index (χ0v) is 16.9. The van der Waals surface area contributed by atoms with E-state index in [4.69, 9.17) is 0 Å². The average molecular weight is 373 g/mol. The summed E-state index contributed by atoms with van der Waals surface area (Å²) in [5.74, 6) is -1.16. The topological polar surface area (TPSA) is 77.8 Å². The molecule has 4 heteroatoms. The van der Waals surface area contributed by atoms with Crippen molar-refractivity contribution in [2.45, 2.75) is 65.7 Å². The molecule has 3 N–H and O–H groups in total. The lowest BCUT2D eigenvalue weighted by Gasteiger charge is -2.32. The minimum absolute atomic E-state index is 0.0285. The predicted octanol–water partition coefficient (Wildman–Crippen LogP) is 5.79. The van der Waals surface area contributed by atoms with Gasteiger partial charge in [0.1, 0.15) is 17.1 Å². The molecule has 0 radical (unpaired) electrons. The van der Waals surface area contributed by atoms with Crippen LogP contribution in [0, 0.1) is 11.8 Å². The average Bonchev–Trinajstić information content (AvgIpc) is 2.53. The second-order valence-electron chi connectivity index (χ2n) is 8.31. The third-order valence-corrected chi connectivity index (χ3v) is 5.55. The fraction of sp³-hybridized carbons (Fsp3) is 0.522. The molecule has 0 aromatic heterocycles. The number of carbonyl (C=O) groups is 1. The first-order chi connectivity index (χ1) is 12.6. The molecule has 1 aromatic carbocycles. The third-order valence-electron chi connectivity index (χ3n) is 5.55. The zero-order valence-electron chi connectivity index (χ0n) is 16.9. The molecule has 1 aromatic rings. The third kappa shape index (κ3) is 4.74. The molecular formula is C23H32O4. The van der Waals surface area contributed by atoms with Crippen molar-refractivity contribution in [3.63, 3.8) is 0 Å². The number of allylic oxidation sites excluding steroid dienone is 3. The largest absolute Gasteiger partial charge is 0.507 e. The maximum atomic E-state index is 11.9. The van der Waals surface area contributed by atoms with Crippen LogP contribution < -0.4 is 0 Å². The molecule has 0 spiro atoms. The molecule has 1 aliphatic rings. The first kappa shape index (κ1) is 21.1. The normalized spacial score (nSPS) is 19.8. The summed E-state index contributed by atoms with van der Waals surface area (Å²) in [5.41, 5.74) is 2.87. The molecule has 4 nitrogen and oxygen atoms in total. The van der Waals surface area contributed by atoms with Crippen LogP contribution in [0.5, 0.6) is 11.5 Å². The molecular weight excluding hydrogens is 340 g/mol. The number of aromatic hydroxyl groups is 2. The van der Waals surface area contributed by atoms with Crippen molar-refractivity contribution in [3.05, 3.63) is 46.6 Å². The lowest BCUT2D eigenvalue weighted by Crippen LogP contribution is -2.18. The Labute approximate surface area is 162 Å². The molecule has 0 saturated carbocycles. The van der Waals surface area contributed by atoms with E-state index in [2.05, 4.69) is 20.4 Å². The first-order valence-electron chi connectivity index (χ1n) is 9.77. The van der Waals surface area contributed by atoms with Gasteiger partial charge in [-0.05, 0) is 63.0 Å². The minimum atomic E-state index is -1.16. The van der Waals surface area contributed by atoms with Gasteiger partial charge in [0.05, 0.1) is 0 Å². The summed E-state index contributed by atoms with van der Waals surface area (Å²) >= 11 is 0. The van der Waals surface area contributed by atoms with Crippen LogP contribution in [0.1, 0.15) is 80.8 Å². The van der Waals surface area contributed by atoms with Crippen LogP contribution in [-0.2, 0) is 6.42 Å². The monoisotopic (exact) mass is 372 g/mol. The van der Waals surface area contributed by atoms with Crippen molar-refractivity contribution < 1.29 is 20.1 Å². The zero-order chi connectivity index (χ0) is 20.3. The van der Waals surface area contributed by atoms with Gasteiger partial charge in [0.2, 0.25) is 0 Å². The van der Waals surface area contributed by atoms with Crippen LogP contribution in [0.2, 0.25) is 0 Å². The van der Waals surface area contributed by atoms with Gasteiger partial charge in [-0.25, -0.2) is 4.79 Å². The summed E-state index contributed by atoms with van der Waals surface area (Å²) < 4.78 is 0. The fourth-order valence-corrected chi connectivity index (χ4v) is 4.09. The number of aryl methyl sites for hydroxylation is 1. The van der Waals surface area contributed by atoms with Gasteiger partial charge in [-0.1, -0.05) is 44.1 Å². The van der Waals surface area contributed by atoms with Crippen LogP contribution >= 0.6 is 0 Å². The van der Waals surface area contributed by atoms with E-state index in [1.807, 2.05) is 19.9 Å². The second kappa shape index (κ2) is 8.64. The van der Waals surface area contributed by atoms with Crippen LogP contribution in [-0.4, -0.2) is 21.3 Å². The van der Waals surface area contributed by atoms with Crippen molar-refractivity contribution >= 4 is 5.97 Å². The van der Waals surface area contributed by atoms with E-state index in [0.29, 0.717) is 23.5 Å². The maximum absolute atomic E-state index is 11.9. The number of phenolic OH excluding ortho intramolecular Hbond substituents is 1. The van der Waals surface area contributed by atoms with Crippen molar-refractivity contribution in [2.75, 3.05) is 0 Å². The number of benzene rings is 1. The molecule has 0 heterocycles. The van der Waals surface area contributed by atoms with E-state index < -0.39 is 5.97 Å². The SMILES string of the molecule is C=C(C)[C@@H]1CCC(C)=C[C@H]1c1c(O)cc(CCCC(C)C)c(C(=O)O)c1O. The molecule has 0 amide bonds. The number of hydrogen-bond acceptors (Lipinski definition) is 3. The molecule has 1 aliphatic carbocycles. The molecule has 0 unspecified atom stereocenters. The number of carboxylic acids is 1. The van der Waals surface area contributed by atoms with Gasteiger partial charge in [-0.15, -0.1) is 0 Å². The van der Waals surface area contributed by atoms with Crippen molar-refractivity contribution in [2.24, 2.45) is 11.8 Å². The van der Waals surface area contributed by atoms with Gasteiger partial charge in [0, 0.05) is 11.5 Å². The van der Waals surface area contributed by atoms with Crippen molar-refractivity contribution in [1.82, 2.24) is 0 Å². The molecule has 0 aliphatic heterocycles. The summed E-state index contributed by atoms with van der Waals surface area (Å²) in [5, 5.41) is 31.3. The summed E-state index contributed by atoms with van der Waals surface area (Å²) in [6, 6.07) is 1.53. The van der Waals surface area contributed by atoms with Crippen LogP contribution in [0.15, 0.2) is 29.9 Å². The van der Waals surface area contributed by atoms with Gasteiger partial charge >= 0.3 is 5.97 Å². The highest BCUT2D eigenvalue weighted by molar-refractivity contribution is 5.94. The Hall–Kier alpha value is -2.23. The standard InChI is InChI=1S/C23H32O4/c1-13(2)7-6-8-16-12-19(24)21(22(25)20(16)23(26)27)18-11-15(5)9-10-17(18)14(3)4/h11-13,17-18,24-25H,3,6-10H2,1-2,4-5H3,(H,26,27)/t17-,18+/m0/s1. The van der Waals surface area contributed by atoms with Gasteiger partial charge in [-0.3, -0.25) is 0 Å². The highest BCUT2D eigenvalue weighted by Crippen LogP contribution is 2.48. The Bertz CT molecular complexity index is 758. The fourth-order valence-electron chi connectivity index (χ4n) is 4.09. The number of carboxylic acid groups (broad SMARTS) is 1. The summed E-state index contributed by atoms with van der Waals surface area (Å²) in [6.45, 7) is 12.3. The van der Waals surface area contributed by atoms with Crippen LogP contribution in [0.4, 0.5) is 0 Å². The van der Waals surface area contributed by atoms with E-state index in [-0.39, 0.29) is 28.9 Å². The van der Waals surface area contributed by atoms with Crippen molar-refractivity contribution in [1.29, 1.82) is 0 Å². The summed E-state index contributed by atoms with van der Waals surface area (Å²) in [4.78, 5) is 11.9. The maximum Gasteiger partial charge on any atom is 0.339 e. The Morgan fingerprint density at radius 3 is 2.56 bits per heavy atom. The Kier molecular flexibility index (Phi) is 6.74. The molecule has 27 heavy (non-hydrogen) atoms. The minimum Gasteiger partial charge on any atom is -0.507 e. The molecule has 0 bridgehead atoms. The van der Waals surface area contributed by atoms with Crippen molar-refractivity contribution in [3.8, 4) is 11.5 Å². The van der Waals surface area contributed by atoms with Gasteiger partial charge < -0.3 is 15.3 Å². The van der Waals surface area contributed by atoms with Gasteiger partial charge in [0.15, 0.2) is 0 Å².